The minimum absolute atomic E-state index is 0.0432. The number of carbonyl (C=O) groups excluding carboxylic acids is 2. The molecule has 5 nitrogen and oxygen atoms in total. The fraction of sp³-hybridized carbons (Fsp3) is 0.200. The number of nitrogens with zero attached hydrogens (tertiary/aromatic N) is 1. The largest absolute Gasteiger partial charge is 0.463 e. The van der Waals surface area contributed by atoms with Crippen molar-refractivity contribution in [2.45, 2.75) is 19.1 Å². The summed E-state index contributed by atoms with van der Waals surface area (Å²) in [6.45, 7) is 0.347. The molecule has 1 aliphatic heterocycles. The fourth-order valence-corrected chi connectivity index (χ4v) is 3.14. The standard InChI is InChI=1S/C20H17NO4/c22-19(25-18-10-11-24-20(18)23)13-21-16-9-5-4-8-15(16)12-17(21)14-6-2-1-3-7-14/h1-9,12,18H,10-11,13H2. The quantitative estimate of drug-likeness (QED) is 0.687. The Morgan fingerprint density at radius 2 is 1.88 bits per heavy atom. The van der Waals surface area contributed by atoms with Crippen LogP contribution < -0.4 is 0 Å². The van der Waals surface area contributed by atoms with Gasteiger partial charge < -0.3 is 14.0 Å². The number of para-hydroxylation sites is 1. The van der Waals surface area contributed by atoms with Crippen molar-refractivity contribution in [1.29, 1.82) is 0 Å². The van der Waals surface area contributed by atoms with Crippen molar-refractivity contribution in [2.24, 2.45) is 0 Å². The summed E-state index contributed by atoms with van der Waals surface area (Å²) in [4.78, 5) is 23.9. The summed E-state index contributed by atoms with van der Waals surface area (Å²) >= 11 is 0. The topological polar surface area (TPSA) is 57.5 Å². The van der Waals surface area contributed by atoms with Crippen LogP contribution in [0.25, 0.3) is 22.2 Å². The van der Waals surface area contributed by atoms with E-state index in [4.69, 9.17) is 9.47 Å². The molecule has 1 fully saturated rings. The van der Waals surface area contributed by atoms with Crippen LogP contribution in [-0.2, 0) is 25.6 Å². The number of benzene rings is 2. The third-order valence-corrected chi connectivity index (χ3v) is 4.33. The molecule has 3 aromatic rings. The van der Waals surface area contributed by atoms with Crippen molar-refractivity contribution < 1.29 is 19.1 Å². The average molecular weight is 335 g/mol. The van der Waals surface area contributed by atoms with E-state index in [1.165, 1.54) is 0 Å². The lowest BCUT2D eigenvalue weighted by atomic mass is 10.1. The molecule has 0 N–H and O–H groups in total. The Kier molecular flexibility index (Phi) is 3.98. The van der Waals surface area contributed by atoms with Crippen molar-refractivity contribution in [1.82, 2.24) is 4.57 Å². The Balaban J connectivity index is 1.68. The van der Waals surface area contributed by atoms with Gasteiger partial charge in [0, 0.05) is 23.0 Å². The summed E-state index contributed by atoms with van der Waals surface area (Å²) in [5, 5.41) is 1.05. The maximum atomic E-state index is 12.4. The van der Waals surface area contributed by atoms with Gasteiger partial charge in [-0.25, -0.2) is 4.79 Å². The van der Waals surface area contributed by atoms with E-state index >= 15 is 0 Å². The molecule has 0 spiro atoms. The molecule has 1 unspecified atom stereocenters. The summed E-state index contributed by atoms with van der Waals surface area (Å²) in [7, 11) is 0. The van der Waals surface area contributed by atoms with Crippen LogP contribution in [0.15, 0.2) is 60.7 Å². The predicted molar refractivity (Wildman–Crippen MR) is 92.8 cm³/mol. The van der Waals surface area contributed by atoms with Gasteiger partial charge in [0.05, 0.1) is 6.61 Å². The number of hydrogen-bond acceptors (Lipinski definition) is 4. The SMILES string of the molecule is O=C(Cn1c(-c2ccccc2)cc2ccccc21)OC1CCOC1=O. The fourth-order valence-electron chi connectivity index (χ4n) is 3.14. The molecule has 1 atom stereocenters. The summed E-state index contributed by atoms with van der Waals surface area (Å²) in [6, 6.07) is 19.8. The Morgan fingerprint density at radius 1 is 1.12 bits per heavy atom. The molecule has 5 heteroatoms. The van der Waals surface area contributed by atoms with Gasteiger partial charge in [0.2, 0.25) is 6.10 Å². The molecule has 0 radical (unpaired) electrons. The Bertz CT molecular complexity index is 929. The summed E-state index contributed by atoms with van der Waals surface area (Å²) in [6.07, 6.45) is -0.364. The first-order valence-corrected chi connectivity index (χ1v) is 8.22. The van der Waals surface area contributed by atoms with E-state index in [-0.39, 0.29) is 6.54 Å². The monoisotopic (exact) mass is 335 g/mol. The minimum atomic E-state index is -0.783. The molecular formula is C20H17NO4. The van der Waals surface area contributed by atoms with E-state index in [0.29, 0.717) is 13.0 Å². The van der Waals surface area contributed by atoms with Crippen LogP contribution in [-0.4, -0.2) is 29.2 Å². The number of rotatable bonds is 4. The van der Waals surface area contributed by atoms with Gasteiger partial charge in [-0.15, -0.1) is 0 Å². The van der Waals surface area contributed by atoms with Gasteiger partial charge in [-0.1, -0.05) is 48.5 Å². The Labute approximate surface area is 144 Å². The molecular weight excluding hydrogens is 318 g/mol. The molecule has 2 heterocycles. The molecule has 0 amide bonds. The Hall–Kier alpha value is -3.08. The number of cyclic esters (lactones) is 1. The average Bonchev–Trinajstić information content (AvgIpc) is 3.20. The summed E-state index contributed by atoms with van der Waals surface area (Å²) < 4.78 is 12.1. The van der Waals surface area contributed by atoms with E-state index in [1.807, 2.05) is 59.2 Å². The molecule has 126 valence electrons. The lowest BCUT2D eigenvalue weighted by Crippen LogP contribution is -2.25. The zero-order chi connectivity index (χ0) is 17.2. The van der Waals surface area contributed by atoms with E-state index < -0.39 is 18.0 Å². The van der Waals surface area contributed by atoms with Crippen molar-refractivity contribution in [3.8, 4) is 11.3 Å². The van der Waals surface area contributed by atoms with Gasteiger partial charge in [-0.3, -0.25) is 4.79 Å². The van der Waals surface area contributed by atoms with Crippen LogP contribution in [0.4, 0.5) is 0 Å². The molecule has 0 aliphatic carbocycles. The van der Waals surface area contributed by atoms with Gasteiger partial charge in [-0.05, 0) is 17.7 Å². The Morgan fingerprint density at radius 3 is 2.64 bits per heavy atom. The highest BCUT2D eigenvalue weighted by atomic mass is 16.6. The van der Waals surface area contributed by atoms with Gasteiger partial charge in [0.25, 0.3) is 0 Å². The van der Waals surface area contributed by atoms with Gasteiger partial charge in [-0.2, -0.15) is 0 Å². The molecule has 1 aliphatic rings. The van der Waals surface area contributed by atoms with Crippen LogP contribution in [0.2, 0.25) is 0 Å². The molecule has 25 heavy (non-hydrogen) atoms. The number of fused-ring (bicyclic) bond motifs is 1. The first-order chi connectivity index (χ1) is 12.2. The highest BCUT2D eigenvalue weighted by Crippen LogP contribution is 2.28. The zero-order valence-corrected chi connectivity index (χ0v) is 13.6. The highest BCUT2D eigenvalue weighted by Gasteiger charge is 2.30. The lowest BCUT2D eigenvalue weighted by Gasteiger charge is -2.12. The number of carbonyl (C=O) groups is 2. The van der Waals surface area contributed by atoms with Crippen molar-refractivity contribution in [3.63, 3.8) is 0 Å². The number of ether oxygens (including phenoxy) is 2. The van der Waals surface area contributed by atoms with Gasteiger partial charge in [0.1, 0.15) is 6.54 Å². The van der Waals surface area contributed by atoms with E-state index in [9.17, 15) is 9.59 Å². The van der Waals surface area contributed by atoms with E-state index in [1.54, 1.807) is 0 Å². The van der Waals surface area contributed by atoms with Crippen LogP contribution in [0.3, 0.4) is 0 Å². The normalized spacial score (nSPS) is 16.8. The second-order valence-electron chi connectivity index (χ2n) is 5.98. The van der Waals surface area contributed by atoms with Crippen LogP contribution >= 0.6 is 0 Å². The maximum absolute atomic E-state index is 12.4. The molecule has 0 saturated carbocycles. The first-order valence-electron chi connectivity index (χ1n) is 8.22. The summed E-state index contributed by atoms with van der Waals surface area (Å²) in [5.41, 5.74) is 2.91. The molecule has 4 rings (SSSR count). The third kappa shape index (κ3) is 3.01. The second-order valence-corrected chi connectivity index (χ2v) is 5.98. The first kappa shape index (κ1) is 15.4. The highest BCUT2D eigenvalue weighted by molar-refractivity contribution is 5.89. The maximum Gasteiger partial charge on any atom is 0.347 e. The molecule has 1 aromatic heterocycles. The van der Waals surface area contributed by atoms with Gasteiger partial charge in [0.15, 0.2) is 0 Å². The lowest BCUT2D eigenvalue weighted by molar-refractivity contribution is -0.160. The van der Waals surface area contributed by atoms with Crippen LogP contribution in [0.1, 0.15) is 6.42 Å². The van der Waals surface area contributed by atoms with Crippen molar-refractivity contribution in [2.75, 3.05) is 6.61 Å². The third-order valence-electron chi connectivity index (χ3n) is 4.33. The number of hydrogen-bond donors (Lipinski definition) is 0. The number of esters is 2. The summed E-state index contributed by atoms with van der Waals surface area (Å²) in [5.74, 6) is -0.906. The predicted octanol–water partition coefficient (Wildman–Crippen LogP) is 3.17. The zero-order valence-electron chi connectivity index (χ0n) is 13.6. The van der Waals surface area contributed by atoms with Gasteiger partial charge >= 0.3 is 11.9 Å². The van der Waals surface area contributed by atoms with E-state index in [2.05, 4.69) is 6.07 Å². The van der Waals surface area contributed by atoms with E-state index in [0.717, 1.165) is 22.2 Å². The van der Waals surface area contributed by atoms with Crippen LogP contribution in [0.5, 0.6) is 0 Å². The molecule has 0 bridgehead atoms. The molecule has 2 aromatic carbocycles. The van der Waals surface area contributed by atoms with Crippen molar-refractivity contribution >= 4 is 22.8 Å². The minimum Gasteiger partial charge on any atom is -0.463 e. The molecule has 1 saturated heterocycles. The van der Waals surface area contributed by atoms with Crippen molar-refractivity contribution in [3.05, 3.63) is 60.7 Å². The number of aromatic nitrogens is 1. The smallest absolute Gasteiger partial charge is 0.347 e. The second kappa shape index (κ2) is 6.43. The van der Waals surface area contributed by atoms with Crippen LogP contribution in [0, 0.1) is 0 Å².